The van der Waals surface area contributed by atoms with Crippen molar-refractivity contribution < 1.29 is 9.53 Å². The van der Waals surface area contributed by atoms with E-state index in [0.717, 1.165) is 5.82 Å². The van der Waals surface area contributed by atoms with E-state index in [1.54, 1.807) is 6.07 Å². The van der Waals surface area contributed by atoms with Gasteiger partial charge in [0.15, 0.2) is 0 Å². The van der Waals surface area contributed by atoms with Crippen LogP contribution in [0.5, 0.6) is 0 Å². The standard InChI is InChI=1S/C14H22BrN3O2/c1-8(2)6-10(14(19)20-5)16-12-7-11(15)17-13(18-12)9(3)4/h7-10H,6H2,1-5H3,(H,16,17,18). The Morgan fingerprint density at radius 2 is 2.00 bits per heavy atom. The third-order valence-corrected chi connectivity index (χ3v) is 3.15. The molecule has 1 atom stereocenters. The molecular formula is C14H22BrN3O2. The van der Waals surface area contributed by atoms with Gasteiger partial charge in [-0.1, -0.05) is 27.7 Å². The van der Waals surface area contributed by atoms with E-state index in [-0.39, 0.29) is 11.9 Å². The van der Waals surface area contributed by atoms with Crippen molar-refractivity contribution in [3.8, 4) is 0 Å². The highest BCUT2D eigenvalue weighted by molar-refractivity contribution is 9.10. The second-order valence-electron chi connectivity index (χ2n) is 5.44. The molecule has 0 radical (unpaired) electrons. The number of nitrogens with zero attached hydrogens (tertiary/aromatic N) is 2. The fraction of sp³-hybridized carbons (Fsp3) is 0.643. The van der Waals surface area contributed by atoms with Gasteiger partial charge in [-0.2, -0.15) is 0 Å². The van der Waals surface area contributed by atoms with Gasteiger partial charge in [0, 0.05) is 12.0 Å². The molecule has 0 aromatic carbocycles. The maximum Gasteiger partial charge on any atom is 0.328 e. The molecule has 0 amide bonds. The number of hydrogen-bond donors (Lipinski definition) is 1. The summed E-state index contributed by atoms with van der Waals surface area (Å²) in [6.07, 6.45) is 0.686. The van der Waals surface area contributed by atoms with Gasteiger partial charge < -0.3 is 10.1 Å². The van der Waals surface area contributed by atoms with Crippen molar-refractivity contribution in [2.75, 3.05) is 12.4 Å². The number of methoxy groups -OCH3 is 1. The number of aromatic nitrogens is 2. The lowest BCUT2D eigenvalue weighted by Crippen LogP contribution is -2.32. The fourth-order valence-corrected chi connectivity index (χ4v) is 2.17. The molecule has 1 aromatic rings. The molecule has 112 valence electrons. The summed E-state index contributed by atoms with van der Waals surface area (Å²) in [7, 11) is 1.40. The minimum atomic E-state index is -0.401. The van der Waals surface area contributed by atoms with Crippen LogP contribution in [0.1, 0.15) is 45.9 Å². The van der Waals surface area contributed by atoms with Crippen LogP contribution in [0.25, 0.3) is 0 Å². The van der Waals surface area contributed by atoms with Crippen molar-refractivity contribution in [3.63, 3.8) is 0 Å². The molecule has 0 bridgehead atoms. The molecule has 0 aliphatic carbocycles. The Hall–Kier alpha value is -1.17. The second kappa shape index (κ2) is 7.57. The van der Waals surface area contributed by atoms with Crippen LogP contribution >= 0.6 is 15.9 Å². The predicted octanol–water partition coefficient (Wildman–Crippen LogP) is 3.36. The third kappa shape index (κ3) is 5.07. The molecule has 1 unspecified atom stereocenters. The van der Waals surface area contributed by atoms with Gasteiger partial charge in [-0.3, -0.25) is 0 Å². The largest absolute Gasteiger partial charge is 0.467 e. The number of anilines is 1. The van der Waals surface area contributed by atoms with Crippen LogP contribution in [0.15, 0.2) is 10.7 Å². The smallest absolute Gasteiger partial charge is 0.328 e. The highest BCUT2D eigenvalue weighted by Gasteiger charge is 2.21. The number of carbonyl (C=O) groups is 1. The van der Waals surface area contributed by atoms with Crippen molar-refractivity contribution in [2.24, 2.45) is 5.92 Å². The average molecular weight is 344 g/mol. The molecule has 1 rings (SSSR count). The number of carbonyl (C=O) groups excluding carboxylic acids is 1. The molecule has 6 heteroatoms. The van der Waals surface area contributed by atoms with Crippen molar-refractivity contribution in [1.29, 1.82) is 0 Å². The molecule has 0 spiro atoms. The van der Waals surface area contributed by atoms with Gasteiger partial charge in [0.2, 0.25) is 0 Å². The van der Waals surface area contributed by atoms with E-state index < -0.39 is 6.04 Å². The molecule has 0 saturated heterocycles. The summed E-state index contributed by atoms with van der Waals surface area (Å²) in [5.41, 5.74) is 0. The molecule has 1 aromatic heterocycles. The van der Waals surface area contributed by atoms with Gasteiger partial charge in [-0.05, 0) is 28.3 Å². The van der Waals surface area contributed by atoms with Gasteiger partial charge >= 0.3 is 5.97 Å². The Labute approximate surface area is 128 Å². The SMILES string of the molecule is COC(=O)C(CC(C)C)Nc1cc(Br)nc(C(C)C)n1. The van der Waals surface area contributed by atoms with E-state index in [9.17, 15) is 4.79 Å². The molecule has 0 fully saturated rings. The van der Waals surface area contributed by atoms with Crippen LogP contribution in [-0.2, 0) is 9.53 Å². The third-order valence-electron chi connectivity index (χ3n) is 2.74. The van der Waals surface area contributed by atoms with Gasteiger partial charge in [-0.25, -0.2) is 14.8 Å². The Morgan fingerprint density at radius 1 is 1.35 bits per heavy atom. The first kappa shape index (κ1) is 16.9. The van der Waals surface area contributed by atoms with Gasteiger partial charge in [0.25, 0.3) is 0 Å². The quantitative estimate of drug-likeness (QED) is 0.633. The van der Waals surface area contributed by atoms with Gasteiger partial charge in [0.05, 0.1) is 7.11 Å². The monoisotopic (exact) mass is 343 g/mol. The first-order valence-corrected chi connectivity index (χ1v) is 7.51. The molecule has 5 nitrogen and oxygen atoms in total. The van der Waals surface area contributed by atoms with Crippen LogP contribution in [0.3, 0.4) is 0 Å². The van der Waals surface area contributed by atoms with Crippen LogP contribution in [0.4, 0.5) is 5.82 Å². The van der Waals surface area contributed by atoms with E-state index in [0.29, 0.717) is 22.8 Å². The van der Waals surface area contributed by atoms with E-state index in [1.807, 2.05) is 13.8 Å². The minimum absolute atomic E-state index is 0.217. The summed E-state index contributed by atoms with van der Waals surface area (Å²) in [5, 5.41) is 3.14. The number of halogens is 1. The molecular weight excluding hydrogens is 322 g/mol. The lowest BCUT2D eigenvalue weighted by atomic mass is 10.0. The van der Waals surface area contributed by atoms with Gasteiger partial charge in [0.1, 0.15) is 22.3 Å². The summed E-state index contributed by atoms with van der Waals surface area (Å²) in [6, 6.07) is 1.36. The van der Waals surface area contributed by atoms with Crippen molar-refractivity contribution in [3.05, 3.63) is 16.5 Å². The minimum Gasteiger partial charge on any atom is -0.467 e. The molecule has 0 aliphatic rings. The van der Waals surface area contributed by atoms with E-state index >= 15 is 0 Å². The summed E-state index contributed by atoms with van der Waals surface area (Å²) >= 11 is 3.37. The zero-order valence-corrected chi connectivity index (χ0v) is 14.2. The van der Waals surface area contributed by atoms with Crippen LogP contribution in [0.2, 0.25) is 0 Å². The maximum atomic E-state index is 11.8. The Kier molecular flexibility index (Phi) is 6.39. The predicted molar refractivity (Wildman–Crippen MR) is 82.7 cm³/mol. The number of esters is 1. The van der Waals surface area contributed by atoms with E-state index in [4.69, 9.17) is 4.74 Å². The number of nitrogens with one attached hydrogen (secondary N) is 1. The summed E-state index contributed by atoms with van der Waals surface area (Å²) in [5.74, 6) is 1.68. The molecule has 0 saturated carbocycles. The normalized spacial score (nSPS) is 12.6. The van der Waals surface area contributed by atoms with Gasteiger partial charge in [-0.15, -0.1) is 0 Å². The number of ether oxygens (including phenoxy) is 1. The first-order valence-electron chi connectivity index (χ1n) is 6.72. The molecule has 1 N–H and O–H groups in total. The highest BCUT2D eigenvalue weighted by Crippen LogP contribution is 2.19. The molecule has 1 heterocycles. The highest BCUT2D eigenvalue weighted by atomic mass is 79.9. The lowest BCUT2D eigenvalue weighted by molar-refractivity contribution is -0.141. The molecule has 20 heavy (non-hydrogen) atoms. The van der Waals surface area contributed by atoms with E-state index in [1.165, 1.54) is 7.11 Å². The average Bonchev–Trinajstić information content (AvgIpc) is 2.35. The second-order valence-corrected chi connectivity index (χ2v) is 6.25. The Morgan fingerprint density at radius 3 is 2.50 bits per heavy atom. The van der Waals surface area contributed by atoms with Crippen LogP contribution < -0.4 is 5.32 Å². The first-order chi connectivity index (χ1) is 9.33. The maximum absolute atomic E-state index is 11.8. The summed E-state index contributed by atoms with van der Waals surface area (Å²) < 4.78 is 5.54. The number of rotatable bonds is 6. The zero-order chi connectivity index (χ0) is 15.3. The van der Waals surface area contributed by atoms with E-state index in [2.05, 4.69) is 45.1 Å². The number of hydrogen-bond acceptors (Lipinski definition) is 5. The van der Waals surface area contributed by atoms with Crippen LogP contribution in [-0.4, -0.2) is 29.1 Å². The Balaban J connectivity index is 2.95. The fourth-order valence-electron chi connectivity index (χ4n) is 1.77. The lowest BCUT2D eigenvalue weighted by Gasteiger charge is -2.19. The summed E-state index contributed by atoms with van der Waals surface area (Å²) in [6.45, 7) is 8.18. The van der Waals surface area contributed by atoms with Crippen molar-refractivity contribution in [2.45, 2.75) is 46.1 Å². The molecule has 0 aliphatic heterocycles. The summed E-state index contributed by atoms with van der Waals surface area (Å²) in [4.78, 5) is 20.6. The topological polar surface area (TPSA) is 64.1 Å². The van der Waals surface area contributed by atoms with Crippen LogP contribution in [0, 0.1) is 5.92 Å². The zero-order valence-electron chi connectivity index (χ0n) is 12.6. The van der Waals surface area contributed by atoms with Crippen molar-refractivity contribution in [1.82, 2.24) is 9.97 Å². The van der Waals surface area contributed by atoms with Crippen molar-refractivity contribution >= 4 is 27.7 Å². The Bertz CT molecular complexity index is 464.